The Balaban J connectivity index is 1.94. The summed E-state index contributed by atoms with van der Waals surface area (Å²) in [5.41, 5.74) is 5.61. The van der Waals surface area contributed by atoms with E-state index in [1.807, 2.05) is 19.9 Å². The van der Waals surface area contributed by atoms with Crippen LogP contribution in [0.4, 0.5) is 0 Å². The summed E-state index contributed by atoms with van der Waals surface area (Å²) in [7, 11) is 4.54. The molecular weight excluding hydrogens is 374 g/mol. The van der Waals surface area contributed by atoms with Crippen LogP contribution in [0.5, 0.6) is 17.2 Å². The lowest BCUT2D eigenvalue weighted by molar-refractivity contribution is -0.120. The number of hydrogen-bond donors (Lipinski definition) is 2. The molecule has 0 aliphatic heterocycles. The van der Waals surface area contributed by atoms with Crippen LogP contribution in [-0.2, 0) is 4.79 Å². The Labute approximate surface area is 169 Å². The summed E-state index contributed by atoms with van der Waals surface area (Å²) in [5.74, 6) is 0.633. The van der Waals surface area contributed by atoms with Gasteiger partial charge in [-0.3, -0.25) is 9.59 Å². The first-order chi connectivity index (χ1) is 13.9. The first-order valence-corrected chi connectivity index (χ1v) is 8.87. The summed E-state index contributed by atoms with van der Waals surface area (Å²) >= 11 is 0. The van der Waals surface area contributed by atoms with Gasteiger partial charge in [-0.2, -0.15) is 5.10 Å². The zero-order valence-electron chi connectivity index (χ0n) is 17.2. The number of nitrogens with zero attached hydrogens (tertiary/aromatic N) is 1. The fraction of sp³-hybridized carbons (Fsp3) is 0.286. The number of carbonyl (C=O) groups excluding carboxylic acids is 2. The summed E-state index contributed by atoms with van der Waals surface area (Å²) in [6.07, 6.45) is 1.44. The molecular formula is C21H25N3O5. The average molecular weight is 399 g/mol. The molecule has 0 atom stereocenters. The highest BCUT2D eigenvalue weighted by Crippen LogP contribution is 2.37. The van der Waals surface area contributed by atoms with Gasteiger partial charge < -0.3 is 19.5 Å². The Morgan fingerprint density at radius 3 is 2.17 bits per heavy atom. The highest BCUT2D eigenvalue weighted by Gasteiger charge is 2.12. The third-order valence-corrected chi connectivity index (χ3v) is 4.27. The number of ether oxygens (including phenoxy) is 3. The first kappa shape index (κ1) is 21.7. The molecule has 0 saturated carbocycles. The zero-order valence-corrected chi connectivity index (χ0v) is 17.2. The number of amides is 2. The predicted octanol–water partition coefficient (Wildman–Crippen LogP) is 2.21. The van der Waals surface area contributed by atoms with Gasteiger partial charge in [0.05, 0.1) is 34.1 Å². The third kappa shape index (κ3) is 5.71. The van der Waals surface area contributed by atoms with Crippen LogP contribution >= 0.6 is 0 Å². The maximum atomic E-state index is 12.1. The standard InChI is InChI=1S/C21H25N3O5/c1-13-6-7-16(8-14(13)2)21(26)22-12-19(25)24-23-11-15-9-17(27-3)20(29-5)18(10-15)28-4/h6-11H,12H2,1-5H3,(H,22,26)(H,24,25). The summed E-state index contributed by atoms with van der Waals surface area (Å²) < 4.78 is 15.8. The Morgan fingerprint density at radius 1 is 0.966 bits per heavy atom. The van der Waals surface area contributed by atoms with E-state index in [1.165, 1.54) is 27.5 Å². The average Bonchev–Trinajstić information content (AvgIpc) is 2.73. The van der Waals surface area contributed by atoms with Gasteiger partial charge in [0.15, 0.2) is 11.5 Å². The van der Waals surface area contributed by atoms with Crippen LogP contribution < -0.4 is 25.0 Å². The van der Waals surface area contributed by atoms with Crippen LogP contribution in [0.1, 0.15) is 27.0 Å². The van der Waals surface area contributed by atoms with Crippen LogP contribution in [0, 0.1) is 13.8 Å². The quantitative estimate of drug-likeness (QED) is 0.524. The van der Waals surface area contributed by atoms with E-state index in [1.54, 1.807) is 24.3 Å². The SMILES string of the molecule is COc1cc(C=NNC(=O)CNC(=O)c2ccc(C)c(C)c2)cc(OC)c1OC. The number of hydrogen-bond acceptors (Lipinski definition) is 6. The van der Waals surface area contributed by atoms with Gasteiger partial charge in [0, 0.05) is 11.1 Å². The van der Waals surface area contributed by atoms with Crippen molar-refractivity contribution >= 4 is 18.0 Å². The molecule has 0 bridgehead atoms. The van der Waals surface area contributed by atoms with Gasteiger partial charge in [-0.1, -0.05) is 6.07 Å². The summed E-state index contributed by atoms with van der Waals surface area (Å²) in [6.45, 7) is 3.70. The highest BCUT2D eigenvalue weighted by atomic mass is 16.5. The first-order valence-electron chi connectivity index (χ1n) is 8.87. The van der Waals surface area contributed by atoms with Gasteiger partial charge in [0.2, 0.25) is 5.75 Å². The molecule has 0 heterocycles. The van der Waals surface area contributed by atoms with Crippen LogP contribution in [0.15, 0.2) is 35.4 Å². The number of benzene rings is 2. The molecule has 0 aliphatic carbocycles. The zero-order chi connectivity index (χ0) is 21.4. The highest BCUT2D eigenvalue weighted by molar-refractivity contribution is 5.96. The molecule has 2 amide bonds. The normalized spacial score (nSPS) is 10.5. The molecule has 2 aromatic carbocycles. The number of aryl methyl sites for hydroxylation is 2. The molecule has 0 saturated heterocycles. The van der Waals surface area contributed by atoms with Crippen molar-refractivity contribution in [3.63, 3.8) is 0 Å². The number of rotatable bonds is 8. The van der Waals surface area contributed by atoms with Gasteiger partial charge >= 0.3 is 0 Å². The predicted molar refractivity (Wildman–Crippen MR) is 110 cm³/mol. The van der Waals surface area contributed by atoms with Crippen molar-refractivity contribution in [3.8, 4) is 17.2 Å². The maximum absolute atomic E-state index is 12.1. The number of hydrazone groups is 1. The smallest absolute Gasteiger partial charge is 0.259 e. The lowest BCUT2D eigenvalue weighted by Crippen LogP contribution is -2.34. The molecule has 0 fully saturated rings. The van der Waals surface area contributed by atoms with E-state index in [9.17, 15) is 9.59 Å². The lowest BCUT2D eigenvalue weighted by atomic mass is 10.1. The summed E-state index contributed by atoms with van der Waals surface area (Å²) in [4.78, 5) is 24.1. The van der Waals surface area contributed by atoms with Crippen LogP contribution in [0.2, 0.25) is 0 Å². The number of methoxy groups -OCH3 is 3. The van der Waals surface area contributed by atoms with Crippen molar-refractivity contribution in [1.29, 1.82) is 0 Å². The van der Waals surface area contributed by atoms with Crippen LogP contribution in [0.3, 0.4) is 0 Å². The molecule has 2 aromatic rings. The minimum Gasteiger partial charge on any atom is -0.493 e. The van der Waals surface area contributed by atoms with Gasteiger partial charge in [0.1, 0.15) is 0 Å². The van der Waals surface area contributed by atoms with Crippen molar-refractivity contribution in [1.82, 2.24) is 10.7 Å². The Bertz CT molecular complexity index is 900. The molecule has 154 valence electrons. The van der Waals surface area contributed by atoms with E-state index in [4.69, 9.17) is 14.2 Å². The molecule has 0 unspecified atom stereocenters. The second-order valence-electron chi connectivity index (χ2n) is 6.23. The van der Waals surface area contributed by atoms with E-state index in [2.05, 4.69) is 15.8 Å². The van der Waals surface area contributed by atoms with E-state index >= 15 is 0 Å². The monoisotopic (exact) mass is 399 g/mol. The van der Waals surface area contributed by atoms with Crippen molar-refractivity contribution < 1.29 is 23.8 Å². The molecule has 2 rings (SSSR count). The van der Waals surface area contributed by atoms with E-state index in [0.717, 1.165) is 11.1 Å². The molecule has 2 N–H and O–H groups in total. The Hall–Kier alpha value is -3.55. The van der Waals surface area contributed by atoms with E-state index < -0.39 is 5.91 Å². The molecule has 0 aromatic heterocycles. The van der Waals surface area contributed by atoms with Crippen molar-refractivity contribution in [3.05, 3.63) is 52.6 Å². The van der Waals surface area contributed by atoms with Gasteiger partial charge in [-0.25, -0.2) is 5.43 Å². The van der Waals surface area contributed by atoms with Gasteiger partial charge in [-0.05, 0) is 49.2 Å². The molecule has 8 heteroatoms. The molecule has 29 heavy (non-hydrogen) atoms. The van der Waals surface area contributed by atoms with Crippen LogP contribution in [-0.4, -0.2) is 45.9 Å². The van der Waals surface area contributed by atoms with Gasteiger partial charge in [-0.15, -0.1) is 0 Å². The molecule has 0 aliphatic rings. The Kier molecular flexibility index (Phi) is 7.59. The van der Waals surface area contributed by atoms with Gasteiger partial charge in [0.25, 0.3) is 11.8 Å². The summed E-state index contributed by atoms with van der Waals surface area (Å²) in [5, 5.41) is 6.46. The fourth-order valence-electron chi connectivity index (χ4n) is 2.54. The summed E-state index contributed by atoms with van der Waals surface area (Å²) in [6, 6.07) is 8.76. The molecule has 0 spiro atoms. The minimum absolute atomic E-state index is 0.196. The second-order valence-corrected chi connectivity index (χ2v) is 6.23. The topological polar surface area (TPSA) is 98.2 Å². The second kappa shape index (κ2) is 10.1. The van der Waals surface area contributed by atoms with Crippen molar-refractivity contribution in [2.75, 3.05) is 27.9 Å². The van der Waals surface area contributed by atoms with Crippen molar-refractivity contribution in [2.45, 2.75) is 13.8 Å². The minimum atomic E-state index is -0.453. The lowest BCUT2D eigenvalue weighted by Gasteiger charge is -2.12. The molecule has 8 nitrogen and oxygen atoms in total. The van der Waals surface area contributed by atoms with Crippen LogP contribution in [0.25, 0.3) is 0 Å². The third-order valence-electron chi connectivity index (χ3n) is 4.27. The maximum Gasteiger partial charge on any atom is 0.259 e. The number of carbonyl (C=O) groups is 2. The Morgan fingerprint density at radius 2 is 1.62 bits per heavy atom. The van der Waals surface area contributed by atoms with E-state index in [-0.39, 0.29) is 12.5 Å². The number of nitrogens with one attached hydrogen (secondary N) is 2. The largest absolute Gasteiger partial charge is 0.493 e. The fourth-order valence-corrected chi connectivity index (χ4v) is 2.54. The van der Waals surface area contributed by atoms with E-state index in [0.29, 0.717) is 28.4 Å². The van der Waals surface area contributed by atoms with Crippen molar-refractivity contribution in [2.24, 2.45) is 5.10 Å². The molecule has 0 radical (unpaired) electrons.